The fourth-order valence-electron chi connectivity index (χ4n) is 1.46. The van der Waals surface area contributed by atoms with Crippen LogP contribution in [0, 0.1) is 0 Å². The number of hydrogen-bond donors (Lipinski definition) is 0. The predicted molar refractivity (Wildman–Crippen MR) is 73.5 cm³/mol. The first-order valence-corrected chi connectivity index (χ1v) is 6.56. The number of aromatic nitrogens is 3. The van der Waals surface area contributed by atoms with Crippen LogP contribution in [0.1, 0.15) is 6.92 Å². The van der Waals surface area contributed by atoms with Crippen LogP contribution in [0.3, 0.4) is 0 Å². The maximum atomic E-state index is 5.36. The molecule has 0 N–H and O–H groups in total. The smallest absolute Gasteiger partial charge is 0.200 e. The second-order valence-corrected chi connectivity index (χ2v) is 4.87. The van der Waals surface area contributed by atoms with Crippen LogP contribution in [-0.4, -0.2) is 20.5 Å². The average molecular weight is 261 g/mol. The number of hydrogen-bond acceptors (Lipinski definition) is 4. The molecule has 4 nitrogen and oxygen atoms in total. The van der Waals surface area contributed by atoms with Gasteiger partial charge in [-0.25, -0.2) is 0 Å². The Morgan fingerprint density at radius 1 is 1.56 bits per heavy atom. The first-order valence-electron chi connectivity index (χ1n) is 5.57. The van der Waals surface area contributed by atoms with E-state index in [4.69, 9.17) is 4.42 Å². The third-order valence-corrected chi connectivity index (χ3v) is 3.42. The number of furan rings is 1. The quantitative estimate of drug-likeness (QED) is 0.590. The summed E-state index contributed by atoms with van der Waals surface area (Å²) >= 11 is 1.61. The molecule has 0 saturated carbocycles. The van der Waals surface area contributed by atoms with Crippen LogP contribution in [0.25, 0.3) is 11.6 Å². The highest BCUT2D eigenvalue weighted by Gasteiger charge is 2.15. The second-order valence-electron chi connectivity index (χ2n) is 3.93. The highest BCUT2D eigenvalue weighted by Crippen LogP contribution is 2.25. The Hall–Kier alpha value is -1.75. The molecule has 0 saturated heterocycles. The van der Waals surface area contributed by atoms with E-state index in [9.17, 15) is 0 Å². The number of thioether (sulfide) groups is 1. The molecule has 0 fully saturated rings. The van der Waals surface area contributed by atoms with Crippen molar-refractivity contribution in [1.29, 1.82) is 0 Å². The molecule has 0 bridgehead atoms. The molecule has 0 aliphatic carbocycles. The standard InChI is InChI=1S/C13H15N3OS/c1-4-7-16-12(11-6-5-8-17-11)14-15-13(16)18-9-10(2)3/h4-6,8H,1-2,7,9H2,3H3. The third-order valence-electron chi connectivity index (χ3n) is 2.22. The maximum absolute atomic E-state index is 5.36. The van der Waals surface area contributed by atoms with E-state index in [0.29, 0.717) is 12.3 Å². The van der Waals surface area contributed by atoms with E-state index >= 15 is 0 Å². The van der Waals surface area contributed by atoms with Crippen LogP contribution in [0.15, 0.2) is 52.8 Å². The van der Waals surface area contributed by atoms with Crippen molar-refractivity contribution < 1.29 is 4.42 Å². The summed E-state index contributed by atoms with van der Waals surface area (Å²) in [5.74, 6) is 2.27. The summed E-state index contributed by atoms with van der Waals surface area (Å²) in [5.41, 5.74) is 1.10. The minimum absolute atomic E-state index is 0.654. The summed E-state index contributed by atoms with van der Waals surface area (Å²) in [5, 5.41) is 9.22. The average Bonchev–Trinajstić information content (AvgIpc) is 2.95. The van der Waals surface area contributed by atoms with Gasteiger partial charge in [-0.05, 0) is 19.1 Å². The first-order chi connectivity index (χ1) is 8.72. The largest absolute Gasteiger partial charge is 0.461 e. The lowest BCUT2D eigenvalue weighted by atomic mass is 10.4. The van der Waals surface area contributed by atoms with E-state index in [2.05, 4.69) is 23.4 Å². The van der Waals surface area contributed by atoms with E-state index < -0.39 is 0 Å². The van der Waals surface area contributed by atoms with Crippen LogP contribution in [0.4, 0.5) is 0 Å². The van der Waals surface area contributed by atoms with Crippen molar-refractivity contribution >= 4 is 11.8 Å². The molecule has 0 atom stereocenters. The van der Waals surface area contributed by atoms with Gasteiger partial charge in [0.15, 0.2) is 10.9 Å². The lowest BCUT2D eigenvalue weighted by Gasteiger charge is -2.05. The Bertz CT molecular complexity index is 543. The van der Waals surface area contributed by atoms with Crippen LogP contribution < -0.4 is 0 Å². The van der Waals surface area contributed by atoms with E-state index in [0.717, 1.165) is 22.3 Å². The highest BCUT2D eigenvalue weighted by atomic mass is 32.2. The van der Waals surface area contributed by atoms with Gasteiger partial charge in [0, 0.05) is 12.3 Å². The predicted octanol–water partition coefficient (Wildman–Crippen LogP) is 3.39. The summed E-state index contributed by atoms with van der Waals surface area (Å²) in [6.45, 7) is 10.3. The molecule has 2 aromatic heterocycles. The van der Waals surface area contributed by atoms with Crippen molar-refractivity contribution in [2.45, 2.75) is 18.6 Å². The molecule has 0 aliphatic rings. The Labute approximate surface area is 110 Å². The second kappa shape index (κ2) is 5.73. The minimum Gasteiger partial charge on any atom is -0.461 e. The number of nitrogens with zero attached hydrogens (tertiary/aromatic N) is 3. The fourth-order valence-corrected chi connectivity index (χ4v) is 2.26. The van der Waals surface area contributed by atoms with E-state index in [-0.39, 0.29) is 0 Å². The zero-order valence-electron chi connectivity index (χ0n) is 10.3. The van der Waals surface area contributed by atoms with Crippen molar-refractivity contribution in [2.75, 3.05) is 5.75 Å². The van der Waals surface area contributed by atoms with Gasteiger partial charge >= 0.3 is 0 Å². The Morgan fingerprint density at radius 3 is 3.00 bits per heavy atom. The van der Waals surface area contributed by atoms with Gasteiger partial charge in [0.1, 0.15) is 0 Å². The molecule has 5 heteroatoms. The van der Waals surface area contributed by atoms with Gasteiger partial charge in [0.25, 0.3) is 0 Å². The molecule has 0 aromatic carbocycles. The van der Waals surface area contributed by atoms with Crippen molar-refractivity contribution in [3.8, 4) is 11.6 Å². The monoisotopic (exact) mass is 261 g/mol. The molecular formula is C13H15N3OS. The van der Waals surface area contributed by atoms with Gasteiger partial charge in [0.2, 0.25) is 5.82 Å². The SMILES string of the molecule is C=CCn1c(SCC(=C)C)nnc1-c1ccco1. The molecule has 0 amide bonds. The molecule has 2 heterocycles. The topological polar surface area (TPSA) is 43.9 Å². The van der Waals surface area contributed by atoms with Gasteiger partial charge in [-0.1, -0.05) is 30.0 Å². The number of allylic oxidation sites excluding steroid dienone is 1. The van der Waals surface area contributed by atoms with Gasteiger partial charge in [0.05, 0.1) is 6.26 Å². The summed E-state index contributed by atoms with van der Waals surface area (Å²) < 4.78 is 7.35. The summed E-state index contributed by atoms with van der Waals surface area (Å²) in [7, 11) is 0. The van der Waals surface area contributed by atoms with Crippen LogP contribution in [0.5, 0.6) is 0 Å². The molecule has 0 aliphatic heterocycles. The van der Waals surface area contributed by atoms with Crippen molar-refractivity contribution in [3.63, 3.8) is 0 Å². The highest BCUT2D eigenvalue weighted by molar-refractivity contribution is 7.99. The zero-order valence-corrected chi connectivity index (χ0v) is 11.1. The molecular weight excluding hydrogens is 246 g/mol. The molecule has 0 spiro atoms. The Morgan fingerprint density at radius 2 is 2.39 bits per heavy atom. The molecule has 18 heavy (non-hydrogen) atoms. The van der Waals surface area contributed by atoms with Crippen LogP contribution in [0.2, 0.25) is 0 Å². The Kier molecular flexibility index (Phi) is 4.04. The normalized spacial score (nSPS) is 10.5. The van der Waals surface area contributed by atoms with E-state index in [1.165, 1.54) is 0 Å². The van der Waals surface area contributed by atoms with E-state index in [1.807, 2.05) is 29.7 Å². The van der Waals surface area contributed by atoms with Gasteiger partial charge in [-0.15, -0.1) is 16.8 Å². The lowest BCUT2D eigenvalue weighted by molar-refractivity contribution is 0.570. The summed E-state index contributed by atoms with van der Waals surface area (Å²) in [6.07, 6.45) is 3.45. The molecule has 0 unspecified atom stereocenters. The third kappa shape index (κ3) is 2.73. The van der Waals surface area contributed by atoms with Crippen molar-refractivity contribution in [1.82, 2.24) is 14.8 Å². The van der Waals surface area contributed by atoms with Crippen molar-refractivity contribution in [2.24, 2.45) is 0 Å². The maximum Gasteiger partial charge on any atom is 0.200 e. The van der Waals surface area contributed by atoms with Crippen molar-refractivity contribution in [3.05, 3.63) is 43.2 Å². The zero-order chi connectivity index (χ0) is 13.0. The molecule has 2 rings (SSSR count). The fraction of sp³-hybridized carbons (Fsp3) is 0.231. The summed E-state index contributed by atoms with van der Waals surface area (Å²) in [4.78, 5) is 0. The van der Waals surface area contributed by atoms with Gasteiger partial charge < -0.3 is 4.42 Å². The minimum atomic E-state index is 0.654. The summed E-state index contributed by atoms with van der Waals surface area (Å²) in [6, 6.07) is 3.71. The van der Waals surface area contributed by atoms with Crippen LogP contribution >= 0.6 is 11.8 Å². The molecule has 2 aromatic rings. The molecule has 94 valence electrons. The van der Waals surface area contributed by atoms with Crippen LogP contribution in [-0.2, 0) is 6.54 Å². The Balaban J connectivity index is 2.31. The molecule has 0 radical (unpaired) electrons. The number of rotatable bonds is 6. The lowest BCUT2D eigenvalue weighted by Crippen LogP contribution is -2.00. The van der Waals surface area contributed by atoms with Gasteiger partial charge in [-0.3, -0.25) is 4.57 Å². The van der Waals surface area contributed by atoms with E-state index in [1.54, 1.807) is 18.0 Å². The van der Waals surface area contributed by atoms with Gasteiger partial charge in [-0.2, -0.15) is 0 Å². The first kappa shape index (κ1) is 12.7.